The van der Waals surface area contributed by atoms with E-state index >= 15 is 0 Å². The molecule has 0 spiro atoms. The molecule has 144 valence electrons. The number of para-hydroxylation sites is 2. The summed E-state index contributed by atoms with van der Waals surface area (Å²) in [5, 5.41) is 6.04. The van der Waals surface area contributed by atoms with Crippen molar-refractivity contribution in [3.63, 3.8) is 0 Å². The van der Waals surface area contributed by atoms with Crippen LogP contribution in [0.25, 0.3) is 11.0 Å². The van der Waals surface area contributed by atoms with Gasteiger partial charge in [0.1, 0.15) is 5.82 Å². The van der Waals surface area contributed by atoms with Crippen LogP contribution in [0.4, 0.5) is 0 Å². The fraction of sp³-hybridized carbons (Fsp3) is 0.318. The number of carbonyl (C=O) groups is 2. The van der Waals surface area contributed by atoms with Crippen LogP contribution in [-0.2, 0) is 11.8 Å². The van der Waals surface area contributed by atoms with E-state index in [1.165, 1.54) is 0 Å². The zero-order chi connectivity index (χ0) is 19.8. The third-order valence-electron chi connectivity index (χ3n) is 5.36. The predicted octanol–water partition coefficient (Wildman–Crippen LogP) is 3.26. The van der Waals surface area contributed by atoms with E-state index in [0.29, 0.717) is 5.56 Å². The second-order valence-corrected chi connectivity index (χ2v) is 7.62. The lowest BCUT2D eigenvalue weighted by Crippen LogP contribution is -2.35. The van der Waals surface area contributed by atoms with Gasteiger partial charge in [-0.1, -0.05) is 44.2 Å². The molecule has 1 aromatic heterocycles. The Bertz CT molecular complexity index is 1050. The van der Waals surface area contributed by atoms with Gasteiger partial charge in [0, 0.05) is 12.6 Å². The van der Waals surface area contributed by atoms with Gasteiger partial charge in [0.15, 0.2) is 0 Å². The van der Waals surface area contributed by atoms with Crippen LogP contribution in [0.2, 0.25) is 0 Å². The van der Waals surface area contributed by atoms with Crippen molar-refractivity contribution in [3.8, 4) is 0 Å². The molecule has 4 rings (SSSR count). The van der Waals surface area contributed by atoms with Crippen molar-refractivity contribution in [1.82, 2.24) is 20.2 Å². The summed E-state index contributed by atoms with van der Waals surface area (Å²) in [5.41, 5.74) is 3.48. The van der Waals surface area contributed by atoms with Crippen LogP contribution in [0, 0.1) is 5.92 Å². The smallest absolute Gasteiger partial charge is 0.252 e. The van der Waals surface area contributed by atoms with Crippen molar-refractivity contribution in [1.29, 1.82) is 0 Å². The topological polar surface area (TPSA) is 76.0 Å². The Balaban J connectivity index is 1.55. The van der Waals surface area contributed by atoms with Gasteiger partial charge in [-0.15, -0.1) is 0 Å². The number of hydrogen-bond donors (Lipinski definition) is 2. The van der Waals surface area contributed by atoms with Crippen molar-refractivity contribution in [2.24, 2.45) is 13.0 Å². The minimum Gasteiger partial charge on any atom is -0.346 e. The summed E-state index contributed by atoms with van der Waals surface area (Å²) in [6.07, 6.45) is 0.204. The van der Waals surface area contributed by atoms with Gasteiger partial charge in [0.05, 0.1) is 29.5 Å². The van der Waals surface area contributed by atoms with Crippen LogP contribution in [0.1, 0.15) is 54.1 Å². The zero-order valence-corrected chi connectivity index (χ0v) is 16.3. The van der Waals surface area contributed by atoms with Crippen LogP contribution in [-0.4, -0.2) is 21.4 Å². The van der Waals surface area contributed by atoms with E-state index in [9.17, 15) is 9.59 Å². The Morgan fingerprint density at radius 1 is 1.18 bits per heavy atom. The lowest BCUT2D eigenvalue weighted by atomic mass is 10.0. The number of amides is 2. The van der Waals surface area contributed by atoms with E-state index in [1.54, 1.807) is 6.07 Å². The Morgan fingerprint density at radius 3 is 2.64 bits per heavy atom. The summed E-state index contributed by atoms with van der Waals surface area (Å²) < 4.78 is 2.03. The Kier molecular flexibility index (Phi) is 4.63. The summed E-state index contributed by atoms with van der Waals surface area (Å²) in [6, 6.07) is 14.9. The van der Waals surface area contributed by atoms with E-state index in [2.05, 4.69) is 24.5 Å². The Hall–Kier alpha value is -3.15. The fourth-order valence-corrected chi connectivity index (χ4v) is 3.87. The average Bonchev–Trinajstić information content (AvgIpc) is 3.18. The highest BCUT2D eigenvalue weighted by Gasteiger charge is 2.31. The Morgan fingerprint density at radius 2 is 1.89 bits per heavy atom. The number of benzene rings is 2. The van der Waals surface area contributed by atoms with Gasteiger partial charge in [-0.25, -0.2) is 4.98 Å². The maximum atomic E-state index is 12.8. The quantitative estimate of drug-likeness (QED) is 0.718. The molecule has 1 aliphatic heterocycles. The van der Waals surface area contributed by atoms with Crippen molar-refractivity contribution < 1.29 is 9.59 Å². The summed E-state index contributed by atoms with van der Waals surface area (Å²) in [5.74, 6) is 0.780. The van der Waals surface area contributed by atoms with Crippen LogP contribution in [0.15, 0.2) is 48.5 Å². The number of rotatable bonds is 5. The zero-order valence-electron chi connectivity index (χ0n) is 16.3. The van der Waals surface area contributed by atoms with E-state index in [0.717, 1.165) is 22.4 Å². The summed E-state index contributed by atoms with van der Waals surface area (Å²) in [6.45, 7) is 4.13. The van der Waals surface area contributed by atoms with Gasteiger partial charge >= 0.3 is 0 Å². The first-order valence-electron chi connectivity index (χ1n) is 9.56. The monoisotopic (exact) mass is 376 g/mol. The highest BCUT2D eigenvalue weighted by molar-refractivity contribution is 5.99. The first kappa shape index (κ1) is 18.2. The molecule has 0 aliphatic carbocycles. The SMILES string of the molecule is CC(C)[C@@H](NC(=O)C[C@@H]1NC(=O)c2ccccc21)c1nc2ccccc2n1C. The van der Waals surface area contributed by atoms with Gasteiger partial charge in [0.2, 0.25) is 5.91 Å². The molecule has 6 nitrogen and oxygen atoms in total. The summed E-state index contributed by atoms with van der Waals surface area (Å²) in [7, 11) is 1.97. The van der Waals surface area contributed by atoms with Crippen molar-refractivity contribution in [2.45, 2.75) is 32.4 Å². The van der Waals surface area contributed by atoms with Crippen LogP contribution in [0.3, 0.4) is 0 Å². The fourth-order valence-electron chi connectivity index (χ4n) is 3.87. The molecule has 1 aliphatic rings. The molecule has 0 fully saturated rings. The van der Waals surface area contributed by atoms with E-state index in [-0.39, 0.29) is 36.2 Å². The first-order chi connectivity index (χ1) is 13.5. The molecule has 2 amide bonds. The minimum absolute atomic E-state index is 0.104. The molecule has 2 heterocycles. The molecule has 0 saturated carbocycles. The first-order valence-corrected chi connectivity index (χ1v) is 9.56. The standard InChI is InChI=1S/C22H24N4O2/c1-13(2)20(21-23-16-10-6-7-11-18(16)26(21)3)25-19(27)12-17-14-8-4-5-9-15(14)22(28)24-17/h4-11,13,17,20H,12H2,1-3H3,(H,24,28)(H,25,27)/t17-,20+/m0/s1. The molecule has 0 bridgehead atoms. The largest absolute Gasteiger partial charge is 0.346 e. The second kappa shape index (κ2) is 7.11. The minimum atomic E-state index is -0.294. The lowest BCUT2D eigenvalue weighted by molar-refractivity contribution is -0.122. The molecule has 3 aromatic rings. The van der Waals surface area contributed by atoms with Gasteiger partial charge in [-0.3, -0.25) is 9.59 Å². The highest BCUT2D eigenvalue weighted by Crippen LogP contribution is 2.29. The van der Waals surface area contributed by atoms with E-state index < -0.39 is 0 Å². The third kappa shape index (κ3) is 3.15. The molecule has 2 N–H and O–H groups in total. The second-order valence-electron chi connectivity index (χ2n) is 7.62. The predicted molar refractivity (Wildman–Crippen MR) is 108 cm³/mol. The maximum absolute atomic E-state index is 12.8. The van der Waals surface area contributed by atoms with Gasteiger partial charge < -0.3 is 15.2 Å². The molecule has 6 heteroatoms. The number of fused-ring (bicyclic) bond motifs is 2. The van der Waals surface area contributed by atoms with Crippen molar-refractivity contribution >= 4 is 22.8 Å². The lowest BCUT2D eigenvalue weighted by Gasteiger charge is -2.23. The van der Waals surface area contributed by atoms with Gasteiger partial charge in [-0.2, -0.15) is 0 Å². The number of aromatic nitrogens is 2. The number of nitrogens with zero attached hydrogens (tertiary/aromatic N) is 2. The van der Waals surface area contributed by atoms with Crippen LogP contribution >= 0.6 is 0 Å². The third-order valence-corrected chi connectivity index (χ3v) is 5.36. The molecule has 28 heavy (non-hydrogen) atoms. The molecule has 0 unspecified atom stereocenters. The van der Waals surface area contributed by atoms with Crippen molar-refractivity contribution in [2.75, 3.05) is 0 Å². The maximum Gasteiger partial charge on any atom is 0.252 e. The van der Waals surface area contributed by atoms with Gasteiger partial charge in [0.25, 0.3) is 5.91 Å². The molecular formula is C22H24N4O2. The highest BCUT2D eigenvalue weighted by atomic mass is 16.2. The van der Waals surface area contributed by atoms with E-state index in [1.807, 2.05) is 54.1 Å². The molecular weight excluding hydrogens is 352 g/mol. The molecule has 2 aromatic carbocycles. The number of nitrogens with one attached hydrogen (secondary N) is 2. The number of carbonyl (C=O) groups excluding carboxylic acids is 2. The molecule has 0 saturated heterocycles. The normalized spacial score (nSPS) is 16.9. The molecule has 0 radical (unpaired) electrons. The van der Waals surface area contributed by atoms with E-state index in [4.69, 9.17) is 4.98 Å². The number of imidazole rings is 1. The average molecular weight is 376 g/mol. The Labute approximate surface area is 164 Å². The summed E-state index contributed by atoms with van der Waals surface area (Å²) in [4.78, 5) is 29.7. The van der Waals surface area contributed by atoms with Crippen molar-refractivity contribution in [3.05, 3.63) is 65.5 Å². The number of hydrogen-bond acceptors (Lipinski definition) is 3. The van der Waals surface area contributed by atoms with Crippen LogP contribution < -0.4 is 10.6 Å². The van der Waals surface area contributed by atoms with Crippen LogP contribution in [0.5, 0.6) is 0 Å². The number of aryl methyl sites for hydroxylation is 1. The molecule has 2 atom stereocenters. The van der Waals surface area contributed by atoms with Gasteiger partial charge in [-0.05, 0) is 29.7 Å². The summed E-state index contributed by atoms with van der Waals surface area (Å²) >= 11 is 0.